The molecule has 0 amide bonds. The molecule has 0 saturated carbocycles. The molecule has 2 atom stereocenters. The zero-order valence-corrected chi connectivity index (χ0v) is 8.17. The lowest BCUT2D eigenvalue weighted by molar-refractivity contribution is -0.150. The van der Waals surface area contributed by atoms with Crippen molar-refractivity contribution in [1.82, 2.24) is 0 Å². The van der Waals surface area contributed by atoms with E-state index in [2.05, 4.69) is 9.89 Å². The highest BCUT2D eigenvalue weighted by molar-refractivity contribution is 6.65. The molecular weight excluding hydrogens is 196 g/mol. The summed E-state index contributed by atoms with van der Waals surface area (Å²) >= 11 is 5.61. The van der Waals surface area contributed by atoms with Gasteiger partial charge in [0.25, 0.3) is 0 Å². The van der Waals surface area contributed by atoms with Crippen LogP contribution in [0.4, 0.5) is 0 Å². The molecule has 2 N–H and O–H groups in total. The Morgan fingerprint density at radius 1 is 1.92 bits per heavy atom. The Morgan fingerprint density at radius 2 is 2.54 bits per heavy atom. The number of ether oxygens (including phenoxy) is 1. The van der Waals surface area contributed by atoms with Crippen molar-refractivity contribution in [3.05, 3.63) is 0 Å². The first-order chi connectivity index (χ1) is 5.99. The Balaban J connectivity index is 2.67. The minimum atomic E-state index is -0.885. The predicted molar refractivity (Wildman–Crippen MR) is 47.4 cm³/mol. The number of carbonyl (C=O) groups is 1. The van der Waals surface area contributed by atoms with E-state index in [1.165, 1.54) is 7.11 Å². The fourth-order valence-electron chi connectivity index (χ4n) is 1.05. The molecule has 0 aromatic carbocycles. The summed E-state index contributed by atoms with van der Waals surface area (Å²) in [5.41, 5.74) is 4.71. The van der Waals surface area contributed by atoms with Crippen molar-refractivity contribution in [2.45, 2.75) is 25.0 Å². The summed E-state index contributed by atoms with van der Waals surface area (Å²) < 4.78 is 4.49. The molecule has 0 bridgehead atoms. The van der Waals surface area contributed by atoms with Gasteiger partial charge in [0.15, 0.2) is 5.60 Å². The number of hydrogen-bond donors (Lipinski definition) is 1. The topological polar surface area (TPSA) is 73.9 Å². The van der Waals surface area contributed by atoms with Gasteiger partial charge in [-0.1, -0.05) is 16.8 Å². The summed E-state index contributed by atoms with van der Waals surface area (Å²) in [5.74, 6) is -0.538. The van der Waals surface area contributed by atoms with Gasteiger partial charge in [-0.2, -0.15) is 0 Å². The molecule has 0 saturated heterocycles. The SMILES string of the molecule is COC(=O)C(N)C1(C)CC(Cl)=NO1. The van der Waals surface area contributed by atoms with Crippen LogP contribution in [0.25, 0.3) is 0 Å². The molecule has 2 unspecified atom stereocenters. The van der Waals surface area contributed by atoms with Crippen LogP contribution in [0.15, 0.2) is 5.16 Å². The largest absolute Gasteiger partial charge is 0.468 e. The molecule has 0 spiro atoms. The van der Waals surface area contributed by atoms with Gasteiger partial charge < -0.3 is 15.3 Å². The van der Waals surface area contributed by atoms with E-state index in [0.29, 0.717) is 11.6 Å². The second-order valence-corrected chi connectivity index (χ2v) is 3.49. The van der Waals surface area contributed by atoms with Crippen molar-refractivity contribution in [3.8, 4) is 0 Å². The molecule has 0 radical (unpaired) electrons. The first-order valence-electron chi connectivity index (χ1n) is 3.73. The van der Waals surface area contributed by atoms with Crippen molar-refractivity contribution in [2.75, 3.05) is 7.11 Å². The minimum Gasteiger partial charge on any atom is -0.468 e. The molecule has 13 heavy (non-hydrogen) atoms. The Labute approximate surface area is 80.8 Å². The summed E-state index contributed by atoms with van der Waals surface area (Å²) in [6.45, 7) is 1.66. The van der Waals surface area contributed by atoms with Crippen LogP contribution >= 0.6 is 11.6 Å². The molecule has 1 rings (SSSR count). The number of oxime groups is 1. The second-order valence-electron chi connectivity index (χ2n) is 3.05. The fraction of sp³-hybridized carbons (Fsp3) is 0.714. The Bertz CT molecular complexity index is 256. The van der Waals surface area contributed by atoms with Crippen molar-refractivity contribution in [3.63, 3.8) is 0 Å². The molecule has 1 aliphatic heterocycles. The van der Waals surface area contributed by atoms with Gasteiger partial charge in [0, 0.05) is 6.42 Å². The molecule has 1 aliphatic rings. The molecule has 74 valence electrons. The molecule has 0 aromatic heterocycles. The van der Waals surface area contributed by atoms with Gasteiger partial charge in [0.2, 0.25) is 0 Å². The van der Waals surface area contributed by atoms with E-state index in [1.807, 2.05) is 0 Å². The molecule has 0 aliphatic carbocycles. The van der Waals surface area contributed by atoms with Crippen LogP contribution in [-0.4, -0.2) is 29.9 Å². The van der Waals surface area contributed by atoms with Gasteiger partial charge in [-0.15, -0.1) is 0 Å². The number of rotatable bonds is 2. The predicted octanol–water partition coefficient (Wildman–Crippen LogP) is 0.218. The van der Waals surface area contributed by atoms with Crippen molar-refractivity contribution < 1.29 is 14.4 Å². The van der Waals surface area contributed by atoms with E-state index in [-0.39, 0.29) is 0 Å². The Hall–Kier alpha value is -0.810. The van der Waals surface area contributed by atoms with Gasteiger partial charge >= 0.3 is 5.97 Å². The summed E-state index contributed by atoms with van der Waals surface area (Å²) in [4.78, 5) is 16.1. The van der Waals surface area contributed by atoms with E-state index < -0.39 is 17.6 Å². The lowest BCUT2D eigenvalue weighted by Gasteiger charge is -2.25. The highest BCUT2D eigenvalue weighted by Crippen LogP contribution is 2.27. The van der Waals surface area contributed by atoms with E-state index in [1.54, 1.807) is 6.92 Å². The van der Waals surface area contributed by atoms with Crippen molar-refractivity contribution in [2.24, 2.45) is 10.9 Å². The van der Waals surface area contributed by atoms with Crippen LogP contribution < -0.4 is 5.73 Å². The first kappa shape index (κ1) is 10.3. The van der Waals surface area contributed by atoms with Crippen molar-refractivity contribution in [1.29, 1.82) is 0 Å². The standard InChI is InChI=1S/C7H11ClN2O3/c1-7(3-4(8)10-13-7)5(9)6(11)12-2/h5H,3,9H2,1-2H3. The normalized spacial score (nSPS) is 29.1. The molecule has 0 aromatic rings. The number of methoxy groups -OCH3 is 1. The molecule has 5 nitrogen and oxygen atoms in total. The number of nitrogens with two attached hydrogens (primary N) is 1. The zero-order valence-electron chi connectivity index (χ0n) is 7.41. The van der Waals surface area contributed by atoms with Gasteiger partial charge in [-0.3, -0.25) is 4.79 Å². The summed E-state index contributed by atoms with van der Waals surface area (Å²) in [6, 6.07) is -0.877. The zero-order chi connectivity index (χ0) is 10.1. The van der Waals surface area contributed by atoms with Crippen LogP contribution in [-0.2, 0) is 14.4 Å². The number of halogens is 1. The molecule has 1 heterocycles. The van der Waals surface area contributed by atoms with Crippen LogP contribution in [0.1, 0.15) is 13.3 Å². The van der Waals surface area contributed by atoms with Gasteiger partial charge in [0.05, 0.1) is 7.11 Å². The maximum absolute atomic E-state index is 11.1. The first-order valence-corrected chi connectivity index (χ1v) is 4.11. The third kappa shape index (κ3) is 1.92. The number of esters is 1. The average molecular weight is 207 g/mol. The summed E-state index contributed by atoms with van der Waals surface area (Å²) in [7, 11) is 1.27. The van der Waals surface area contributed by atoms with E-state index in [9.17, 15) is 4.79 Å². The third-order valence-electron chi connectivity index (χ3n) is 1.96. The highest BCUT2D eigenvalue weighted by Gasteiger charge is 2.44. The van der Waals surface area contributed by atoms with Crippen LogP contribution in [0, 0.1) is 0 Å². The van der Waals surface area contributed by atoms with Gasteiger partial charge in [-0.05, 0) is 6.92 Å². The van der Waals surface area contributed by atoms with Crippen LogP contribution in [0.5, 0.6) is 0 Å². The summed E-state index contributed by atoms with van der Waals surface area (Å²) in [6.07, 6.45) is 0.324. The Kier molecular flexibility index (Phi) is 2.77. The van der Waals surface area contributed by atoms with Gasteiger partial charge in [0.1, 0.15) is 11.2 Å². The lowest BCUT2D eigenvalue weighted by Crippen LogP contribution is -2.51. The monoisotopic (exact) mass is 206 g/mol. The third-order valence-corrected chi connectivity index (χ3v) is 2.17. The van der Waals surface area contributed by atoms with E-state index >= 15 is 0 Å². The lowest BCUT2D eigenvalue weighted by atomic mass is 9.94. The highest BCUT2D eigenvalue weighted by atomic mass is 35.5. The summed E-state index contributed by atoms with van der Waals surface area (Å²) in [5, 5.41) is 3.83. The number of carbonyl (C=O) groups excluding carboxylic acids is 1. The maximum Gasteiger partial charge on any atom is 0.326 e. The quantitative estimate of drug-likeness (QED) is 0.656. The number of nitrogens with zero attached hydrogens (tertiary/aromatic N) is 1. The van der Waals surface area contributed by atoms with Gasteiger partial charge in [-0.25, -0.2) is 0 Å². The molecule has 0 fully saturated rings. The molecule has 6 heteroatoms. The maximum atomic E-state index is 11.1. The fourth-order valence-corrected chi connectivity index (χ4v) is 1.35. The van der Waals surface area contributed by atoms with E-state index in [0.717, 1.165) is 0 Å². The second kappa shape index (κ2) is 3.51. The minimum absolute atomic E-state index is 0.307. The Morgan fingerprint density at radius 3 is 2.92 bits per heavy atom. The average Bonchev–Trinajstić information content (AvgIpc) is 2.45. The smallest absolute Gasteiger partial charge is 0.326 e. The molecular formula is C7H11ClN2O3. The van der Waals surface area contributed by atoms with Crippen LogP contribution in [0.2, 0.25) is 0 Å². The number of hydrogen-bond acceptors (Lipinski definition) is 5. The van der Waals surface area contributed by atoms with Crippen LogP contribution in [0.3, 0.4) is 0 Å². The van der Waals surface area contributed by atoms with Crippen molar-refractivity contribution >= 4 is 22.7 Å². The van der Waals surface area contributed by atoms with E-state index in [4.69, 9.17) is 22.2 Å².